The van der Waals surface area contributed by atoms with Crippen molar-refractivity contribution in [1.29, 1.82) is 5.26 Å². The molecule has 1 aromatic heterocycles. The van der Waals surface area contributed by atoms with E-state index in [9.17, 15) is 8.42 Å². The molecule has 0 aliphatic carbocycles. The Hall–Kier alpha value is -1.41. The molecule has 0 aliphatic rings. The first kappa shape index (κ1) is 9.68. The van der Waals surface area contributed by atoms with Gasteiger partial charge in [0, 0.05) is 18.0 Å². The maximum atomic E-state index is 10.9. The van der Waals surface area contributed by atoms with Crippen molar-refractivity contribution in [3.05, 3.63) is 29.6 Å². The minimum atomic E-state index is -3.10. The molecule has 0 bridgehead atoms. The molecule has 0 saturated carbocycles. The molecule has 0 aliphatic heterocycles. The summed E-state index contributed by atoms with van der Waals surface area (Å²) >= 11 is 0. The number of rotatable bonds is 2. The molecule has 1 heterocycles. The van der Waals surface area contributed by atoms with Crippen LogP contribution in [0.15, 0.2) is 18.3 Å². The van der Waals surface area contributed by atoms with Crippen LogP contribution >= 0.6 is 0 Å². The highest BCUT2D eigenvalue weighted by Gasteiger charge is 2.08. The average Bonchev–Trinajstić information content (AvgIpc) is 2.02. The Morgan fingerprint density at radius 3 is 2.85 bits per heavy atom. The summed E-state index contributed by atoms with van der Waals surface area (Å²) in [4.78, 5) is 3.76. The van der Waals surface area contributed by atoms with Gasteiger partial charge in [0.05, 0.1) is 5.75 Å². The van der Waals surface area contributed by atoms with Gasteiger partial charge >= 0.3 is 0 Å². The van der Waals surface area contributed by atoms with E-state index in [0.717, 1.165) is 6.26 Å². The first-order chi connectivity index (χ1) is 6.03. The minimum Gasteiger partial charge on any atom is -0.245 e. The van der Waals surface area contributed by atoms with Gasteiger partial charge in [0.25, 0.3) is 0 Å². The highest BCUT2D eigenvalue weighted by Crippen LogP contribution is 2.07. The lowest BCUT2D eigenvalue weighted by molar-refractivity contribution is 0.601. The number of aromatic nitrogens is 1. The van der Waals surface area contributed by atoms with Gasteiger partial charge in [-0.3, -0.25) is 0 Å². The van der Waals surface area contributed by atoms with Gasteiger partial charge < -0.3 is 0 Å². The summed E-state index contributed by atoms with van der Waals surface area (Å²) in [6, 6.07) is 5.04. The van der Waals surface area contributed by atoms with Crippen molar-refractivity contribution in [1.82, 2.24) is 4.98 Å². The molecule has 0 radical (unpaired) electrons. The van der Waals surface area contributed by atoms with E-state index in [1.165, 1.54) is 6.20 Å². The lowest BCUT2D eigenvalue weighted by Gasteiger charge is -1.99. The van der Waals surface area contributed by atoms with Gasteiger partial charge in [0.2, 0.25) is 0 Å². The van der Waals surface area contributed by atoms with Crippen molar-refractivity contribution in [2.24, 2.45) is 0 Å². The van der Waals surface area contributed by atoms with E-state index in [4.69, 9.17) is 5.26 Å². The van der Waals surface area contributed by atoms with Crippen molar-refractivity contribution < 1.29 is 8.42 Å². The van der Waals surface area contributed by atoms with E-state index >= 15 is 0 Å². The molecule has 5 heteroatoms. The Kier molecular flexibility index (Phi) is 2.63. The molecular weight excluding hydrogens is 188 g/mol. The van der Waals surface area contributed by atoms with Crippen LogP contribution in [0, 0.1) is 11.3 Å². The molecule has 0 unspecified atom stereocenters. The zero-order valence-electron chi connectivity index (χ0n) is 7.06. The zero-order valence-corrected chi connectivity index (χ0v) is 7.87. The van der Waals surface area contributed by atoms with Gasteiger partial charge in [0.1, 0.15) is 11.8 Å². The number of nitrogens with zero attached hydrogens (tertiary/aromatic N) is 2. The molecule has 0 N–H and O–H groups in total. The highest BCUT2D eigenvalue weighted by atomic mass is 32.2. The maximum Gasteiger partial charge on any atom is 0.151 e. The fourth-order valence-corrected chi connectivity index (χ4v) is 1.74. The number of hydrogen-bond donors (Lipinski definition) is 0. The Labute approximate surface area is 76.8 Å². The number of hydrogen-bond acceptors (Lipinski definition) is 4. The summed E-state index contributed by atoms with van der Waals surface area (Å²) in [5.41, 5.74) is 0.625. The monoisotopic (exact) mass is 196 g/mol. The molecule has 68 valence electrons. The summed E-state index contributed by atoms with van der Waals surface area (Å²) in [7, 11) is -3.10. The Morgan fingerprint density at radius 1 is 1.62 bits per heavy atom. The van der Waals surface area contributed by atoms with E-state index in [2.05, 4.69) is 4.98 Å². The quantitative estimate of drug-likeness (QED) is 0.690. The second kappa shape index (κ2) is 3.54. The first-order valence-electron chi connectivity index (χ1n) is 3.54. The van der Waals surface area contributed by atoms with Crippen LogP contribution in [0.5, 0.6) is 0 Å². The third-order valence-corrected chi connectivity index (χ3v) is 2.25. The second-order valence-corrected chi connectivity index (χ2v) is 4.83. The van der Waals surface area contributed by atoms with Crippen LogP contribution in [0.2, 0.25) is 0 Å². The molecule has 0 spiro atoms. The van der Waals surface area contributed by atoms with E-state index in [0.29, 0.717) is 5.56 Å². The molecule has 13 heavy (non-hydrogen) atoms. The standard InChI is InChI=1S/C8H8N2O2S/c1-13(11,12)6-7-3-2-4-10-8(7)5-9/h2-4H,6H2,1H3. The summed E-state index contributed by atoms with van der Waals surface area (Å²) in [6.07, 6.45) is 2.59. The van der Waals surface area contributed by atoms with E-state index in [1.807, 2.05) is 6.07 Å². The van der Waals surface area contributed by atoms with Gasteiger partial charge in [-0.15, -0.1) is 0 Å². The molecule has 4 nitrogen and oxygen atoms in total. The molecular formula is C8H8N2O2S. The van der Waals surface area contributed by atoms with Crippen LogP contribution in [0.25, 0.3) is 0 Å². The largest absolute Gasteiger partial charge is 0.245 e. The summed E-state index contributed by atoms with van der Waals surface area (Å²) in [6.45, 7) is 0. The normalized spacial score (nSPS) is 10.8. The Bertz CT molecular complexity index is 445. The van der Waals surface area contributed by atoms with E-state index in [1.54, 1.807) is 12.1 Å². The lowest BCUT2D eigenvalue weighted by atomic mass is 10.2. The van der Waals surface area contributed by atoms with Crippen LogP contribution in [-0.4, -0.2) is 19.7 Å². The van der Waals surface area contributed by atoms with Crippen molar-refractivity contribution in [3.63, 3.8) is 0 Å². The van der Waals surface area contributed by atoms with Gasteiger partial charge in [-0.1, -0.05) is 6.07 Å². The Morgan fingerprint density at radius 2 is 2.31 bits per heavy atom. The molecule has 0 aromatic carbocycles. The van der Waals surface area contributed by atoms with Gasteiger partial charge in [-0.2, -0.15) is 5.26 Å². The third kappa shape index (κ3) is 2.84. The highest BCUT2D eigenvalue weighted by molar-refractivity contribution is 7.89. The van der Waals surface area contributed by atoms with Crippen LogP contribution < -0.4 is 0 Å². The molecule has 1 aromatic rings. The topological polar surface area (TPSA) is 70.8 Å². The van der Waals surface area contributed by atoms with Gasteiger partial charge in [0.15, 0.2) is 9.84 Å². The maximum absolute atomic E-state index is 10.9. The third-order valence-electron chi connectivity index (χ3n) is 1.41. The predicted octanol–water partition coefficient (Wildman–Crippen LogP) is 0.498. The Balaban J connectivity index is 3.10. The average molecular weight is 196 g/mol. The first-order valence-corrected chi connectivity index (χ1v) is 5.61. The fraction of sp³-hybridized carbons (Fsp3) is 0.250. The van der Waals surface area contributed by atoms with Crippen molar-refractivity contribution in [3.8, 4) is 6.07 Å². The van der Waals surface area contributed by atoms with Gasteiger partial charge in [-0.05, 0) is 6.07 Å². The molecule has 0 fully saturated rings. The van der Waals surface area contributed by atoms with Crippen molar-refractivity contribution in [2.75, 3.05) is 6.26 Å². The molecule has 0 amide bonds. The number of sulfone groups is 1. The lowest BCUT2D eigenvalue weighted by Crippen LogP contribution is -2.03. The van der Waals surface area contributed by atoms with Crippen LogP contribution in [0.4, 0.5) is 0 Å². The second-order valence-electron chi connectivity index (χ2n) is 2.69. The number of pyridine rings is 1. The van der Waals surface area contributed by atoms with Gasteiger partial charge in [-0.25, -0.2) is 13.4 Å². The van der Waals surface area contributed by atoms with Crippen LogP contribution in [0.3, 0.4) is 0 Å². The molecule has 0 atom stereocenters. The minimum absolute atomic E-state index is 0.135. The van der Waals surface area contributed by atoms with E-state index in [-0.39, 0.29) is 11.4 Å². The van der Waals surface area contributed by atoms with Crippen LogP contribution in [0.1, 0.15) is 11.3 Å². The summed E-state index contributed by atoms with van der Waals surface area (Å²) in [5, 5.41) is 8.61. The number of nitriles is 1. The fourth-order valence-electron chi connectivity index (χ4n) is 0.938. The summed E-state index contributed by atoms with van der Waals surface area (Å²) < 4.78 is 21.9. The molecule has 1 rings (SSSR count). The predicted molar refractivity (Wildman–Crippen MR) is 47.5 cm³/mol. The van der Waals surface area contributed by atoms with Crippen molar-refractivity contribution in [2.45, 2.75) is 5.75 Å². The van der Waals surface area contributed by atoms with Crippen molar-refractivity contribution >= 4 is 9.84 Å². The SMILES string of the molecule is CS(=O)(=O)Cc1cccnc1C#N. The zero-order chi connectivity index (χ0) is 9.90. The van der Waals surface area contributed by atoms with Crippen LogP contribution in [-0.2, 0) is 15.6 Å². The van der Waals surface area contributed by atoms with E-state index < -0.39 is 9.84 Å². The smallest absolute Gasteiger partial charge is 0.151 e. The molecule has 0 saturated heterocycles. The summed E-state index contributed by atoms with van der Waals surface area (Å²) in [5.74, 6) is -0.135.